The zero-order chi connectivity index (χ0) is 16.5. The molecule has 122 valence electrons. The minimum Gasteiger partial charge on any atom is -0.492 e. The summed E-state index contributed by atoms with van der Waals surface area (Å²) in [5, 5.41) is 11.0. The van der Waals surface area contributed by atoms with E-state index in [1.165, 1.54) is 5.56 Å². The average Bonchev–Trinajstić information content (AvgIpc) is 2.44. The maximum Gasteiger partial charge on any atom is 0.305 e. The smallest absolute Gasteiger partial charge is 0.305 e. The summed E-state index contributed by atoms with van der Waals surface area (Å²) in [6, 6.07) is 5.99. The van der Waals surface area contributed by atoms with Gasteiger partial charge in [0.05, 0.1) is 17.5 Å². The second-order valence-electron chi connectivity index (χ2n) is 5.29. The van der Waals surface area contributed by atoms with Crippen LogP contribution in [0.1, 0.15) is 44.6 Å². The van der Waals surface area contributed by atoms with Crippen molar-refractivity contribution < 1.29 is 19.4 Å². The van der Waals surface area contributed by atoms with Gasteiger partial charge in [-0.3, -0.25) is 9.59 Å². The second kappa shape index (κ2) is 9.46. The Kier molecular flexibility index (Phi) is 7.95. The molecule has 0 bridgehead atoms. The molecule has 0 heterocycles. The second-order valence-corrected chi connectivity index (χ2v) is 6.14. The molecule has 0 saturated carbocycles. The van der Waals surface area contributed by atoms with Gasteiger partial charge in [0.25, 0.3) is 0 Å². The van der Waals surface area contributed by atoms with Crippen LogP contribution in [-0.4, -0.2) is 30.1 Å². The van der Waals surface area contributed by atoms with E-state index in [1.807, 2.05) is 18.2 Å². The van der Waals surface area contributed by atoms with Crippen molar-refractivity contribution in [2.45, 2.75) is 39.0 Å². The quantitative estimate of drug-likeness (QED) is 0.652. The summed E-state index contributed by atoms with van der Waals surface area (Å²) in [5.74, 6) is 0.146. The predicted octanol–water partition coefficient (Wildman–Crippen LogP) is 3.32. The standard InChI is InChI=1S/C16H22BrNO4/c1-11(2)12-5-6-14(13(17)10-12)22-9-3-4-15(19)18-8-7-16(20)21/h5-6,10-11H,3-4,7-9H2,1-2H3,(H,18,19)(H,20,21). The molecule has 1 amide bonds. The monoisotopic (exact) mass is 371 g/mol. The van der Waals surface area contributed by atoms with Gasteiger partial charge in [-0.25, -0.2) is 0 Å². The molecule has 0 aliphatic heterocycles. The molecule has 0 aliphatic carbocycles. The van der Waals surface area contributed by atoms with Crippen LogP contribution in [0.15, 0.2) is 22.7 Å². The lowest BCUT2D eigenvalue weighted by Gasteiger charge is -2.11. The van der Waals surface area contributed by atoms with Gasteiger partial charge in [0, 0.05) is 13.0 Å². The third-order valence-electron chi connectivity index (χ3n) is 3.09. The number of benzene rings is 1. The number of carboxylic acid groups (broad SMARTS) is 1. The normalized spacial score (nSPS) is 10.5. The van der Waals surface area contributed by atoms with Crippen LogP contribution in [0.2, 0.25) is 0 Å². The fourth-order valence-electron chi connectivity index (χ4n) is 1.81. The zero-order valence-electron chi connectivity index (χ0n) is 12.9. The highest BCUT2D eigenvalue weighted by Crippen LogP contribution is 2.28. The predicted molar refractivity (Wildman–Crippen MR) is 88.2 cm³/mol. The van der Waals surface area contributed by atoms with Crippen LogP contribution in [0, 0.1) is 0 Å². The van der Waals surface area contributed by atoms with E-state index in [-0.39, 0.29) is 18.9 Å². The van der Waals surface area contributed by atoms with Crippen molar-refractivity contribution >= 4 is 27.8 Å². The first-order valence-electron chi connectivity index (χ1n) is 7.31. The van der Waals surface area contributed by atoms with Gasteiger partial charge in [0.1, 0.15) is 5.75 Å². The number of ether oxygens (including phenoxy) is 1. The maximum absolute atomic E-state index is 11.5. The molecule has 22 heavy (non-hydrogen) atoms. The van der Waals surface area contributed by atoms with E-state index in [4.69, 9.17) is 9.84 Å². The molecule has 0 radical (unpaired) electrons. The summed E-state index contributed by atoms with van der Waals surface area (Å²) in [6.07, 6.45) is 0.843. The Morgan fingerprint density at radius 1 is 1.32 bits per heavy atom. The fourth-order valence-corrected chi connectivity index (χ4v) is 2.32. The van der Waals surface area contributed by atoms with E-state index in [0.717, 1.165) is 10.2 Å². The minimum atomic E-state index is -0.918. The number of nitrogens with one attached hydrogen (secondary N) is 1. The maximum atomic E-state index is 11.5. The highest BCUT2D eigenvalue weighted by Gasteiger charge is 2.06. The lowest BCUT2D eigenvalue weighted by molar-refractivity contribution is -0.136. The first kappa shape index (κ1) is 18.5. The van der Waals surface area contributed by atoms with Crippen molar-refractivity contribution in [3.8, 4) is 5.75 Å². The Balaban J connectivity index is 2.27. The number of carboxylic acids is 1. The summed E-state index contributed by atoms with van der Waals surface area (Å²) in [5.41, 5.74) is 1.23. The van der Waals surface area contributed by atoms with E-state index in [1.54, 1.807) is 0 Å². The van der Waals surface area contributed by atoms with Gasteiger partial charge in [-0.1, -0.05) is 19.9 Å². The third-order valence-corrected chi connectivity index (χ3v) is 3.71. The van der Waals surface area contributed by atoms with Crippen molar-refractivity contribution in [1.82, 2.24) is 5.32 Å². The van der Waals surface area contributed by atoms with Gasteiger partial charge in [-0.2, -0.15) is 0 Å². The van der Waals surface area contributed by atoms with Crippen molar-refractivity contribution in [1.29, 1.82) is 0 Å². The lowest BCUT2D eigenvalue weighted by Crippen LogP contribution is -2.26. The van der Waals surface area contributed by atoms with Crippen LogP contribution < -0.4 is 10.1 Å². The zero-order valence-corrected chi connectivity index (χ0v) is 14.5. The van der Waals surface area contributed by atoms with Gasteiger partial charge in [-0.15, -0.1) is 0 Å². The molecule has 0 fully saturated rings. The highest BCUT2D eigenvalue weighted by atomic mass is 79.9. The molecule has 6 heteroatoms. The van der Waals surface area contributed by atoms with Gasteiger partial charge in [-0.05, 0) is 46.0 Å². The van der Waals surface area contributed by atoms with Crippen LogP contribution in [0.3, 0.4) is 0 Å². The summed E-state index contributed by atoms with van der Waals surface area (Å²) >= 11 is 3.48. The Morgan fingerprint density at radius 2 is 2.05 bits per heavy atom. The Morgan fingerprint density at radius 3 is 2.64 bits per heavy atom. The molecule has 1 rings (SSSR count). The highest BCUT2D eigenvalue weighted by molar-refractivity contribution is 9.10. The van der Waals surface area contributed by atoms with Crippen molar-refractivity contribution in [3.63, 3.8) is 0 Å². The fraction of sp³-hybridized carbons (Fsp3) is 0.500. The van der Waals surface area contributed by atoms with E-state index in [2.05, 4.69) is 35.1 Å². The van der Waals surface area contributed by atoms with Crippen LogP contribution in [0.4, 0.5) is 0 Å². The van der Waals surface area contributed by atoms with E-state index in [0.29, 0.717) is 25.4 Å². The number of hydrogen-bond donors (Lipinski definition) is 2. The molecule has 0 aliphatic rings. The van der Waals surface area contributed by atoms with Gasteiger partial charge >= 0.3 is 5.97 Å². The summed E-state index contributed by atoms with van der Waals surface area (Å²) < 4.78 is 6.55. The Labute approximate surface area is 139 Å². The number of rotatable bonds is 9. The molecular weight excluding hydrogens is 350 g/mol. The third kappa shape index (κ3) is 6.93. The molecule has 5 nitrogen and oxygen atoms in total. The van der Waals surface area contributed by atoms with Gasteiger partial charge < -0.3 is 15.2 Å². The van der Waals surface area contributed by atoms with Crippen LogP contribution >= 0.6 is 15.9 Å². The average molecular weight is 372 g/mol. The van der Waals surface area contributed by atoms with Crippen molar-refractivity contribution in [3.05, 3.63) is 28.2 Å². The number of halogens is 1. The molecule has 0 saturated heterocycles. The number of hydrogen-bond acceptors (Lipinski definition) is 3. The topological polar surface area (TPSA) is 75.6 Å². The molecule has 2 N–H and O–H groups in total. The molecule has 1 aromatic carbocycles. The van der Waals surface area contributed by atoms with Crippen LogP contribution in [-0.2, 0) is 9.59 Å². The van der Waals surface area contributed by atoms with E-state index in [9.17, 15) is 9.59 Å². The van der Waals surface area contributed by atoms with E-state index < -0.39 is 5.97 Å². The summed E-state index contributed by atoms with van der Waals surface area (Å²) in [6.45, 7) is 4.86. The lowest BCUT2D eigenvalue weighted by atomic mass is 10.0. The van der Waals surface area contributed by atoms with E-state index >= 15 is 0 Å². The SMILES string of the molecule is CC(C)c1ccc(OCCCC(=O)NCCC(=O)O)c(Br)c1. The molecular formula is C16H22BrNO4. The number of carbonyl (C=O) groups excluding carboxylic acids is 1. The number of amides is 1. The molecule has 0 atom stereocenters. The van der Waals surface area contributed by atoms with Crippen molar-refractivity contribution in [2.24, 2.45) is 0 Å². The van der Waals surface area contributed by atoms with Crippen LogP contribution in [0.25, 0.3) is 0 Å². The van der Waals surface area contributed by atoms with Gasteiger partial charge in [0.15, 0.2) is 0 Å². The molecule has 1 aromatic rings. The van der Waals surface area contributed by atoms with Gasteiger partial charge in [0.2, 0.25) is 5.91 Å². The molecule has 0 aromatic heterocycles. The molecule has 0 unspecified atom stereocenters. The largest absolute Gasteiger partial charge is 0.492 e. The Bertz CT molecular complexity index is 517. The minimum absolute atomic E-state index is 0.0581. The van der Waals surface area contributed by atoms with Crippen molar-refractivity contribution in [2.75, 3.05) is 13.2 Å². The summed E-state index contributed by atoms with van der Waals surface area (Å²) in [7, 11) is 0. The first-order chi connectivity index (χ1) is 10.4. The number of aliphatic carboxylic acids is 1. The number of carbonyl (C=O) groups is 2. The Hall–Kier alpha value is -1.56. The van der Waals surface area contributed by atoms with Crippen LogP contribution in [0.5, 0.6) is 5.75 Å². The molecule has 0 spiro atoms. The first-order valence-corrected chi connectivity index (χ1v) is 8.10. The summed E-state index contributed by atoms with van der Waals surface area (Å²) in [4.78, 5) is 21.8.